The van der Waals surface area contributed by atoms with E-state index < -0.39 is 0 Å². The van der Waals surface area contributed by atoms with E-state index >= 15 is 0 Å². The van der Waals surface area contributed by atoms with Gasteiger partial charge in [0, 0.05) is 22.5 Å². The Labute approximate surface area is 334 Å². The second kappa shape index (κ2) is 13.4. The van der Waals surface area contributed by atoms with Gasteiger partial charge in [-0.25, -0.2) is 0 Å². The monoisotopic (exact) mass is 729 g/mol. The zero-order valence-electron chi connectivity index (χ0n) is 33.3. The van der Waals surface area contributed by atoms with Crippen molar-refractivity contribution in [1.29, 1.82) is 0 Å². The van der Waals surface area contributed by atoms with E-state index in [2.05, 4.69) is 158 Å². The lowest BCUT2D eigenvalue weighted by Crippen LogP contribution is -2.48. The molecule has 0 aliphatic heterocycles. The second-order valence-electron chi connectivity index (χ2n) is 19.0. The largest absolute Gasteiger partial charge is 0.310 e. The standard InChI is InChI=1S/C55H55N/c1-54(2)52-15-9-8-14-50(52)51-29-28-47(33-53(51)54)56(46-26-22-44(23-27-46)55-34-37-30-38(35-55)32-39(31-37)36-55)45-24-20-43(21-25-45)49-13-7-6-12-48(49)42-18-16-41(17-19-42)40-10-4-3-5-11-40/h6-9,12-29,33,37-40H,3-5,10-11,30-32,34-36H2,1-2H3. The smallest absolute Gasteiger partial charge is 0.0465 e. The second-order valence-corrected chi connectivity index (χ2v) is 19.0. The molecule has 0 radical (unpaired) electrons. The van der Waals surface area contributed by atoms with Crippen molar-refractivity contribution in [2.75, 3.05) is 4.90 Å². The van der Waals surface area contributed by atoms with Crippen molar-refractivity contribution in [3.63, 3.8) is 0 Å². The Morgan fingerprint density at radius 2 is 0.964 bits per heavy atom. The Bertz CT molecular complexity index is 2350. The number of benzene rings is 6. The predicted molar refractivity (Wildman–Crippen MR) is 235 cm³/mol. The van der Waals surface area contributed by atoms with Crippen molar-refractivity contribution < 1.29 is 0 Å². The summed E-state index contributed by atoms with van der Waals surface area (Å²) in [5, 5.41) is 0. The van der Waals surface area contributed by atoms with Gasteiger partial charge in [-0.1, -0.05) is 136 Å². The molecule has 0 heterocycles. The van der Waals surface area contributed by atoms with Gasteiger partial charge in [-0.05, 0) is 172 Å². The maximum atomic E-state index is 2.51. The molecular formula is C55H55N. The minimum atomic E-state index is -0.0574. The third-order valence-corrected chi connectivity index (χ3v) is 15.3. The minimum absolute atomic E-state index is 0.0574. The van der Waals surface area contributed by atoms with Crippen molar-refractivity contribution in [2.24, 2.45) is 17.8 Å². The summed E-state index contributed by atoms with van der Waals surface area (Å²) in [5.41, 5.74) is 17.8. The zero-order chi connectivity index (χ0) is 37.4. The molecule has 0 atom stereocenters. The van der Waals surface area contributed by atoms with Gasteiger partial charge >= 0.3 is 0 Å². The average Bonchev–Trinajstić information content (AvgIpc) is 3.47. The third-order valence-electron chi connectivity index (χ3n) is 15.3. The molecule has 5 fully saturated rings. The number of anilines is 3. The van der Waals surface area contributed by atoms with E-state index in [4.69, 9.17) is 0 Å². The fraction of sp³-hybridized carbons (Fsp3) is 0.345. The minimum Gasteiger partial charge on any atom is -0.310 e. The van der Waals surface area contributed by atoms with Gasteiger partial charge in [-0.15, -0.1) is 0 Å². The number of hydrogen-bond donors (Lipinski definition) is 0. The molecule has 0 amide bonds. The van der Waals surface area contributed by atoms with Gasteiger partial charge in [-0.2, -0.15) is 0 Å². The molecule has 1 heteroatoms. The van der Waals surface area contributed by atoms with E-state index in [9.17, 15) is 0 Å². The van der Waals surface area contributed by atoms with E-state index in [1.54, 1.807) is 5.56 Å². The Balaban J connectivity index is 0.958. The van der Waals surface area contributed by atoms with Gasteiger partial charge < -0.3 is 4.90 Å². The van der Waals surface area contributed by atoms with Gasteiger partial charge in [0.15, 0.2) is 0 Å². The van der Waals surface area contributed by atoms with E-state index in [-0.39, 0.29) is 5.41 Å². The quantitative estimate of drug-likeness (QED) is 0.158. The average molecular weight is 730 g/mol. The summed E-state index contributed by atoms with van der Waals surface area (Å²) in [7, 11) is 0. The van der Waals surface area contributed by atoms with Gasteiger partial charge in [-0.3, -0.25) is 0 Å². The predicted octanol–water partition coefficient (Wildman–Crippen LogP) is 15.3. The molecule has 280 valence electrons. The van der Waals surface area contributed by atoms with E-state index in [1.807, 2.05) is 0 Å². The molecule has 0 spiro atoms. The summed E-state index contributed by atoms with van der Waals surface area (Å²) >= 11 is 0. The molecule has 6 aliphatic rings. The molecule has 56 heavy (non-hydrogen) atoms. The highest BCUT2D eigenvalue weighted by atomic mass is 15.1. The number of rotatable bonds is 7. The first kappa shape index (κ1) is 34.4. The first-order chi connectivity index (χ1) is 27.4. The van der Waals surface area contributed by atoms with E-state index in [1.165, 1.54) is 138 Å². The van der Waals surface area contributed by atoms with Gasteiger partial charge in [0.1, 0.15) is 0 Å². The lowest BCUT2D eigenvalue weighted by atomic mass is 9.48. The fourth-order valence-corrected chi connectivity index (χ4v) is 12.9. The maximum Gasteiger partial charge on any atom is 0.0465 e. The molecule has 0 unspecified atom stereocenters. The summed E-state index contributed by atoms with van der Waals surface area (Å²) < 4.78 is 0. The number of hydrogen-bond acceptors (Lipinski definition) is 1. The normalized spacial score (nSPS) is 24.5. The van der Waals surface area contributed by atoms with Crippen molar-refractivity contribution in [2.45, 2.75) is 101 Å². The van der Waals surface area contributed by atoms with Crippen LogP contribution in [0, 0.1) is 17.8 Å². The molecular weight excluding hydrogens is 675 g/mol. The molecule has 4 bridgehead atoms. The van der Waals surface area contributed by atoms with E-state index in [0.29, 0.717) is 5.41 Å². The van der Waals surface area contributed by atoms with Crippen LogP contribution in [0.25, 0.3) is 33.4 Å². The fourth-order valence-electron chi connectivity index (χ4n) is 12.9. The van der Waals surface area contributed by atoms with Crippen LogP contribution in [0.5, 0.6) is 0 Å². The summed E-state index contributed by atoms with van der Waals surface area (Å²) in [6, 6.07) is 53.9. The summed E-state index contributed by atoms with van der Waals surface area (Å²) in [6.07, 6.45) is 15.5. The molecule has 1 nitrogen and oxygen atoms in total. The Morgan fingerprint density at radius 1 is 0.464 bits per heavy atom. The topological polar surface area (TPSA) is 3.24 Å². The highest BCUT2D eigenvalue weighted by Crippen LogP contribution is 2.61. The van der Waals surface area contributed by atoms with Gasteiger partial charge in [0.2, 0.25) is 0 Å². The van der Waals surface area contributed by atoms with Crippen LogP contribution < -0.4 is 4.90 Å². The Kier molecular flexibility index (Phi) is 8.20. The lowest BCUT2D eigenvalue weighted by Gasteiger charge is -2.57. The van der Waals surface area contributed by atoms with Gasteiger partial charge in [0.25, 0.3) is 0 Å². The Morgan fingerprint density at radius 3 is 1.57 bits per heavy atom. The maximum absolute atomic E-state index is 2.51. The molecule has 6 aromatic rings. The summed E-state index contributed by atoms with van der Waals surface area (Å²) in [4.78, 5) is 2.50. The Hall–Kier alpha value is -4.88. The molecule has 0 aromatic heterocycles. The highest BCUT2D eigenvalue weighted by Gasteiger charge is 2.51. The zero-order valence-corrected chi connectivity index (χ0v) is 33.3. The highest BCUT2D eigenvalue weighted by molar-refractivity contribution is 5.87. The molecule has 5 saturated carbocycles. The van der Waals surface area contributed by atoms with Gasteiger partial charge in [0.05, 0.1) is 0 Å². The van der Waals surface area contributed by atoms with Crippen LogP contribution in [0.4, 0.5) is 17.1 Å². The molecule has 12 rings (SSSR count). The van der Waals surface area contributed by atoms with Crippen LogP contribution >= 0.6 is 0 Å². The van der Waals surface area contributed by atoms with Crippen LogP contribution in [0.1, 0.15) is 113 Å². The molecule has 6 aliphatic carbocycles. The first-order valence-corrected chi connectivity index (χ1v) is 21.9. The lowest BCUT2D eigenvalue weighted by molar-refractivity contribution is -0.00518. The molecule has 6 aromatic carbocycles. The summed E-state index contributed by atoms with van der Waals surface area (Å²) in [5.74, 6) is 3.56. The van der Waals surface area contributed by atoms with Crippen LogP contribution in [0.15, 0.2) is 140 Å². The van der Waals surface area contributed by atoms with Crippen LogP contribution in [0.3, 0.4) is 0 Å². The van der Waals surface area contributed by atoms with Crippen molar-refractivity contribution >= 4 is 17.1 Å². The van der Waals surface area contributed by atoms with Crippen LogP contribution in [-0.2, 0) is 10.8 Å². The first-order valence-electron chi connectivity index (χ1n) is 21.9. The summed E-state index contributed by atoms with van der Waals surface area (Å²) in [6.45, 7) is 4.78. The number of fused-ring (bicyclic) bond motifs is 3. The van der Waals surface area contributed by atoms with Crippen molar-refractivity contribution in [1.82, 2.24) is 0 Å². The van der Waals surface area contributed by atoms with Crippen LogP contribution in [0.2, 0.25) is 0 Å². The third kappa shape index (κ3) is 5.71. The molecule has 0 N–H and O–H groups in total. The van der Waals surface area contributed by atoms with Crippen LogP contribution in [-0.4, -0.2) is 0 Å². The van der Waals surface area contributed by atoms with Crippen molar-refractivity contribution in [3.05, 3.63) is 162 Å². The SMILES string of the molecule is CC1(C)c2ccccc2-c2ccc(N(c3ccc(-c4ccccc4-c4ccc(C5CCCCC5)cc4)cc3)c3ccc(C45CC6CC(CC(C6)C4)C5)cc3)cc21. The molecule has 0 saturated heterocycles. The van der Waals surface area contributed by atoms with E-state index in [0.717, 1.165) is 23.7 Å². The van der Waals surface area contributed by atoms with Crippen molar-refractivity contribution in [3.8, 4) is 33.4 Å². The number of nitrogens with zero attached hydrogens (tertiary/aromatic N) is 1.